The van der Waals surface area contributed by atoms with Gasteiger partial charge in [-0.1, -0.05) is 44.0 Å². The van der Waals surface area contributed by atoms with Crippen molar-refractivity contribution in [2.24, 2.45) is 4.99 Å². The van der Waals surface area contributed by atoms with Crippen molar-refractivity contribution in [3.8, 4) is 17.2 Å². The van der Waals surface area contributed by atoms with E-state index in [0.717, 1.165) is 37.0 Å². The van der Waals surface area contributed by atoms with Crippen LogP contribution in [0.15, 0.2) is 53.2 Å². The fourth-order valence-electron chi connectivity index (χ4n) is 4.86. The predicted molar refractivity (Wildman–Crippen MR) is 161 cm³/mol. The molecule has 1 aliphatic heterocycles. The number of hydrogen-bond acceptors (Lipinski definition) is 7. The average Bonchev–Trinajstić information content (AvgIpc) is 3.27. The summed E-state index contributed by atoms with van der Waals surface area (Å²) in [6, 6.07) is 13.1. The molecule has 1 N–H and O–H groups in total. The van der Waals surface area contributed by atoms with Gasteiger partial charge in [-0.2, -0.15) is 0 Å². The Morgan fingerprint density at radius 1 is 1.05 bits per heavy atom. The van der Waals surface area contributed by atoms with Crippen LogP contribution in [-0.4, -0.2) is 48.6 Å². The fourth-order valence-corrected chi connectivity index (χ4v) is 5.90. The van der Waals surface area contributed by atoms with Crippen LogP contribution in [0.1, 0.15) is 64.9 Å². The van der Waals surface area contributed by atoms with Gasteiger partial charge < -0.3 is 19.5 Å². The second-order valence-electron chi connectivity index (χ2n) is 9.69. The predicted octanol–water partition coefficient (Wildman–Crippen LogP) is 6.20. The Morgan fingerprint density at radius 3 is 2.42 bits per heavy atom. The molecule has 1 fully saturated rings. The Kier molecular flexibility index (Phi) is 10.5. The minimum absolute atomic E-state index is 0.00475. The molecule has 4 rings (SSSR count). The summed E-state index contributed by atoms with van der Waals surface area (Å²) in [7, 11) is 1.58. The van der Waals surface area contributed by atoms with E-state index in [9.17, 15) is 9.59 Å². The quantitative estimate of drug-likeness (QED) is 0.327. The van der Waals surface area contributed by atoms with Crippen LogP contribution in [0.3, 0.4) is 0 Å². The highest BCUT2D eigenvalue weighted by Gasteiger charge is 2.35. The molecule has 1 saturated carbocycles. The summed E-state index contributed by atoms with van der Waals surface area (Å²) in [4.78, 5) is 33.3. The summed E-state index contributed by atoms with van der Waals surface area (Å²) in [5.41, 5.74) is 1.70. The first kappa shape index (κ1) is 29.5. The normalized spacial score (nSPS) is 17.5. The number of aliphatic imine (C=N–C) groups is 1. The molecule has 0 bridgehead atoms. The smallest absolute Gasteiger partial charge is 0.283 e. The number of carbonyl (C=O) groups excluding carboxylic acids is 2. The Balaban J connectivity index is 1.64. The highest BCUT2D eigenvalue weighted by molar-refractivity contribution is 8.15. The summed E-state index contributed by atoms with van der Waals surface area (Å²) in [5.74, 6) is 1.67. The maximum absolute atomic E-state index is 13.8. The number of thioether (sulfide) groups is 1. The summed E-state index contributed by atoms with van der Waals surface area (Å²) >= 11 is 1.33. The number of hydrogen-bond donors (Lipinski definition) is 1. The number of amides is 2. The van der Waals surface area contributed by atoms with Gasteiger partial charge in [-0.05, 0) is 81.1 Å². The van der Waals surface area contributed by atoms with Gasteiger partial charge >= 0.3 is 0 Å². The zero-order chi connectivity index (χ0) is 28.5. The van der Waals surface area contributed by atoms with Gasteiger partial charge in [0.2, 0.25) is 5.91 Å². The molecule has 0 saturated heterocycles. The van der Waals surface area contributed by atoms with E-state index in [1.54, 1.807) is 18.1 Å². The molecule has 0 aromatic heterocycles. The lowest BCUT2D eigenvalue weighted by Crippen LogP contribution is -2.42. The number of nitrogens with one attached hydrogen (secondary N) is 1. The summed E-state index contributed by atoms with van der Waals surface area (Å²) in [6.07, 6.45) is 7.90. The number of rotatable bonds is 11. The van der Waals surface area contributed by atoms with Crippen LogP contribution in [0.25, 0.3) is 6.08 Å². The van der Waals surface area contributed by atoms with Crippen molar-refractivity contribution < 1.29 is 23.8 Å². The first-order valence-corrected chi connectivity index (χ1v) is 15.0. The van der Waals surface area contributed by atoms with E-state index >= 15 is 0 Å². The Labute approximate surface area is 241 Å². The van der Waals surface area contributed by atoms with Gasteiger partial charge in [0.05, 0.1) is 31.3 Å². The molecular weight excluding hydrogens is 526 g/mol. The Bertz CT molecular complexity index is 1240. The van der Waals surface area contributed by atoms with E-state index in [4.69, 9.17) is 19.2 Å². The average molecular weight is 566 g/mol. The number of nitrogens with zero attached hydrogens (tertiary/aromatic N) is 2. The molecule has 40 heavy (non-hydrogen) atoms. The van der Waals surface area contributed by atoms with E-state index in [1.807, 2.05) is 63.2 Å². The SMILES string of the molecule is CCOc1ccc(N2C(=O)/C(=C/c3ccc(OCC)c(OC)c3)N=C2S[C@H](CC)C(=O)NC2CCCCC2)cc1. The third kappa shape index (κ3) is 7.18. The van der Waals surface area contributed by atoms with Crippen LogP contribution in [0.5, 0.6) is 17.2 Å². The van der Waals surface area contributed by atoms with E-state index in [0.29, 0.717) is 42.0 Å². The van der Waals surface area contributed by atoms with Crippen LogP contribution in [0.2, 0.25) is 0 Å². The van der Waals surface area contributed by atoms with Crippen LogP contribution < -0.4 is 24.4 Å². The van der Waals surface area contributed by atoms with Crippen LogP contribution >= 0.6 is 11.8 Å². The highest BCUT2D eigenvalue weighted by Crippen LogP contribution is 2.34. The molecule has 1 atom stereocenters. The first-order valence-electron chi connectivity index (χ1n) is 14.1. The number of carbonyl (C=O) groups is 2. The zero-order valence-electron chi connectivity index (χ0n) is 23.8. The van der Waals surface area contributed by atoms with Gasteiger partial charge in [0, 0.05) is 6.04 Å². The van der Waals surface area contributed by atoms with Crippen LogP contribution in [-0.2, 0) is 9.59 Å². The molecule has 1 aliphatic carbocycles. The maximum Gasteiger partial charge on any atom is 0.283 e. The maximum atomic E-state index is 13.8. The minimum Gasteiger partial charge on any atom is -0.494 e. The molecule has 0 radical (unpaired) electrons. The van der Waals surface area contributed by atoms with E-state index in [2.05, 4.69) is 5.32 Å². The molecule has 0 unspecified atom stereocenters. The van der Waals surface area contributed by atoms with Gasteiger partial charge in [-0.25, -0.2) is 4.99 Å². The topological polar surface area (TPSA) is 89.5 Å². The molecule has 8 nitrogen and oxygen atoms in total. The van der Waals surface area contributed by atoms with Crippen molar-refractivity contribution in [2.45, 2.75) is 70.6 Å². The molecule has 2 aliphatic rings. The van der Waals surface area contributed by atoms with Gasteiger partial charge in [-0.15, -0.1) is 0 Å². The Morgan fingerprint density at radius 2 is 1.77 bits per heavy atom. The van der Waals surface area contributed by atoms with E-state index in [-0.39, 0.29) is 28.8 Å². The molecule has 0 spiro atoms. The number of ether oxygens (including phenoxy) is 3. The minimum atomic E-state index is -0.372. The van der Waals surface area contributed by atoms with Crippen molar-refractivity contribution >= 4 is 40.5 Å². The molecule has 214 valence electrons. The second kappa shape index (κ2) is 14.3. The number of amidine groups is 1. The third-order valence-electron chi connectivity index (χ3n) is 6.89. The number of benzene rings is 2. The molecule has 1 heterocycles. The van der Waals surface area contributed by atoms with E-state index in [1.165, 1.54) is 18.2 Å². The van der Waals surface area contributed by atoms with Gasteiger partial charge in [0.25, 0.3) is 5.91 Å². The van der Waals surface area contributed by atoms with Crippen molar-refractivity contribution in [3.63, 3.8) is 0 Å². The molecule has 2 amide bonds. The standard InChI is InChI=1S/C31H39N3O5S/c1-5-28(29(35)32-22-11-9-8-10-12-22)40-31-33-25(19-21-13-18-26(39-7-3)27(20-21)37-4)30(36)34(31)23-14-16-24(17-15-23)38-6-2/h13-20,22,28H,5-12H2,1-4H3,(H,32,35)/b25-19-/t28-/m1/s1. The lowest BCUT2D eigenvalue weighted by Gasteiger charge is -2.26. The van der Waals surface area contributed by atoms with Crippen molar-refractivity contribution in [2.75, 3.05) is 25.2 Å². The lowest BCUT2D eigenvalue weighted by atomic mass is 9.95. The van der Waals surface area contributed by atoms with Gasteiger partial charge in [0.15, 0.2) is 16.7 Å². The van der Waals surface area contributed by atoms with Gasteiger partial charge in [-0.3, -0.25) is 14.5 Å². The van der Waals surface area contributed by atoms with Crippen LogP contribution in [0, 0.1) is 0 Å². The lowest BCUT2D eigenvalue weighted by molar-refractivity contribution is -0.121. The largest absolute Gasteiger partial charge is 0.494 e. The van der Waals surface area contributed by atoms with E-state index < -0.39 is 0 Å². The third-order valence-corrected chi connectivity index (χ3v) is 8.21. The molecular formula is C31H39N3O5S. The summed E-state index contributed by atoms with van der Waals surface area (Å²) in [6.45, 7) is 6.89. The van der Waals surface area contributed by atoms with Crippen LogP contribution in [0.4, 0.5) is 5.69 Å². The summed E-state index contributed by atoms with van der Waals surface area (Å²) < 4.78 is 16.7. The van der Waals surface area contributed by atoms with Gasteiger partial charge in [0.1, 0.15) is 11.4 Å². The molecule has 2 aromatic carbocycles. The molecule has 9 heteroatoms. The first-order chi connectivity index (χ1) is 19.5. The second-order valence-corrected chi connectivity index (χ2v) is 10.9. The summed E-state index contributed by atoms with van der Waals surface area (Å²) in [5, 5.41) is 3.34. The van der Waals surface area contributed by atoms with Crippen molar-refractivity contribution in [3.05, 3.63) is 53.7 Å². The fraction of sp³-hybridized carbons (Fsp3) is 0.452. The number of methoxy groups -OCH3 is 1. The van der Waals surface area contributed by atoms with Crippen molar-refractivity contribution in [1.82, 2.24) is 5.32 Å². The van der Waals surface area contributed by atoms with Crippen molar-refractivity contribution in [1.29, 1.82) is 0 Å². The monoisotopic (exact) mass is 565 g/mol. The Hall–Kier alpha value is -3.46. The molecule has 2 aromatic rings. The number of anilines is 1. The zero-order valence-corrected chi connectivity index (χ0v) is 24.6. The highest BCUT2D eigenvalue weighted by atomic mass is 32.2.